The molecule has 0 rings (SSSR count). The highest BCUT2D eigenvalue weighted by Crippen LogP contribution is 1.82. The molecule has 0 heterocycles. The number of aldehydes is 2. The van der Waals surface area contributed by atoms with Gasteiger partial charge >= 0.3 is 5.71 Å². The van der Waals surface area contributed by atoms with Crippen LogP contribution in [0.25, 0.3) is 0 Å². The molecule has 0 aliphatic carbocycles. The Morgan fingerprint density at radius 2 is 1.10 bits per heavy atom. The van der Waals surface area contributed by atoms with E-state index in [0.717, 1.165) is 6.29 Å². The number of aliphatic hydroxyl groups is 7. The van der Waals surface area contributed by atoms with E-state index in [1.54, 1.807) is 0 Å². The van der Waals surface area contributed by atoms with Gasteiger partial charge in [0, 0.05) is 0 Å². The molecule has 0 aliphatic rings. The van der Waals surface area contributed by atoms with E-state index >= 15 is 0 Å². The molecule has 14 nitrogen and oxygen atoms in total. The van der Waals surface area contributed by atoms with Crippen LogP contribution in [0.5, 0.6) is 0 Å². The smallest absolute Gasteiger partial charge is 0.412 e. The number of allylic oxidation sites excluding steroid dienone is 1. The van der Waals surface area contributed by atoms with Crippen LogP contribution in [0.1, 0.15) is 19.1 Å². The van der Waals surface area contributed by atoms with Crippen LogP contribution in [0, 0.1) is 13.3 Å². The molecule has 188 valence electrons. The molecule has 0 fully saturated rings. The van der Waals surface area contributed by atoms with Gasteiger partial charge < -0.3 is 67.2 Å². The Bertz CT molecular complexity index is 224. The topological polar surface area (TPSA) is 319 Å². The van der Waals surface area contributed by atoms with E-state index in [1.165, 1.54) is 19.4 Å². The quantitative estimate of drug-likeness (QED) is 0.107. The highest BCUT2D eigenvalue weighted by molar-refractivity contribution is 5.63. The third kappa shape index (κ3) is 200. The zero-order valence-electron chi connectivity index (χ0n) is 21.2. The van der Waals surface area contributed by atoms with Crippen LogP contribution < -0.4 is 0 Å². The van der Waals surface area contributed by atoms with Crippen molar-refractivity contribution in [3.8, 4) is 0 Å². The van der Waals surface area contributed by atoms with Crippen LogP contribution in [-0.2, 0) is 14.4 Å². The summed E-state index contributed by atoms with van der Waals surface area (Å²) in [6.45, 7) is 8.93. The minimum atomic E-state index is -0.954. The van der Waals surface area contributed by atoms with Crippen molar-refractivity contribution in [1.29, 1.82) is 0 Å². The molecular formula is C16H46O14+6. The summed E-state index contributed by atoms with van der Waals surface area (Å²) in [5, 5.41) is 56.1. The minimum Gasteiger partial charge on any atom is -0.412 e. The Kier molecular flexibility index (Phi) is 195. The molecule has 30 heavy (non-hydrogen) atoms. The van der Waals surface area contributed by atoms with Crippen LogP contribution in [0.15, 0.2) is 12.7 Å². The fourth-order valence-electron chi connectivity index (χ4n) is 0.207. The van der Waals surface area contributed by atoms with Crippen molar-refractivity contribution < 1.29 is 77.7 Å². The fourth-order valence-corrected chi connectivity index (χ4v) is 0.207. The summed E-state index contributed by atoms with van der Waals surface area (Å²) in [5.41, 5.74) is 0. The molecule has 14 heteroatoms. The number of rotatable bonds is 7. The SMILES string of the molecule is C=CC=O.C=O.CC=O.O.O.O.O.OCC(O)CO.OC[CH+]CO.[CH2+]CC(O)CO.[H+].[H+].[H+].[H+]. The van der Waals surface area contributed by atoms with Crippen LogP contribution in [0.4, 0.5) is 0 Å². The van der Waals surface area contributed by atoms with Gasteiger partial charge in [-0.05, 0) is 13.0 Å². The Morgan fingerprint density at radius 3 is 1.10 bits per heavy atom. The maximum atomic E-state index is 9.06. The van der Waals surface area contributed by atoms with Crippen molar-refractivity contribution in [2.45, 2.75) is 25.6 Å². The predicted molar refractivity (Wildman–Crippen MR) is 116 cm³/mol. The van der Waals surface area contributed by atoms with E-state index in [2.05, 4.69) is 13.5 Å². The largest absolute Gasteiger partial charge is 1.00 e. The summed E-state index contributed by atoms with van der Waals surface area (Å²) in [4.78, 5) is 25.9. The lowest BCUT2D eigenvalue weighted by Gasteiger charge is -1.96. The Labute approximate surface area is 182 Å². The predicted octanol–water partition coefficient (Wildman–Crippen LogP) is -5.39. The maximum absolute atomic E-state index is 9.06. The first-order chi connectivity index (χ1) is 12.4. The van der Waals surface area contributed by atoms with Gasteiger partial charge in [-0.15, -0.1) is 0 Å². The van der Waals surface area contributed by atoms with Gasteiger partial charge in [-0.1, -0.05) is 6.58 Å². The van der Waals surface area contributed by atoms with Crippen LogP contribution >= 0.6 is 0 Å². The normalized spacial score (nSPS) is 7.37. The summed E-state index contributed by atoms with van der Waals surface area (Å²) >= 11 is 0. The van der Waals surface area contributed by atoms with Crippen molar-refractivity contribution in [2.24, 2.45) is 0 Å². The molecule has 0 bridgehead atoms. The van der Waals surface area contributed by atoms with Crippen LogP contribution in [0.2, 0.25) is 0 Å². The van der Waals surface area contributed by atoms with Crippen molar-refractivity contribution in [3.05, 3.63) is 26.0 Å². The molecule has 0 aromatic carbocycles. The standard InChI is InChI=1S/C4H9O2.C3H8O3.C3H7O2.C3H4O.C2H4O.CH2O.4H2O/c1-2-4(6)3-5;4-1-3(6)2-5;4-2-1-3-5;1-2-3-4;1-2-3;1-2;;;;/h4-6H,1-3H2;3-6H,1-2H2;1,4-5H,2-3H2;2-3H,1H2;2H,1H3;1H2;4*1H2/q+1;;+1;;;;;;;/p+4. The highest BCUT2D eigenvalue weighted by atomic mass is 16.3. The third-order valence-corrected chi connectivity index (χ3v) is 1.32. The highest BCUT2D eigenvalue weighted by Gasteiger charge is 1.97. The molecule has 0 aromatic rings. The van der Waals surface area contributed by atoms with Gasteiger partial charge in [0.15, 0.2) is 13.2 Å². The molecule has 0 spiro atoms. The fraction of sp³-hybridized carbons (Fsp3) is 0.562. The number of carbonyl (C=O) groups is 3. The summed E-state index contributed by atoms with van der Waals surface area (Å²) < 4.78 is 0. The molecular weight excluding hydrogens is 416 g/mol. The van der Waals surface area contributed by atoms with Crippen LogP contribution in [-0.4, -0.2) is 122 Å². The first-order valence-electron chi connectivity index (χ1n) is 7.13. The summed E-state index contributed by atoms with van der Waals surface area (Å²) in [7, 11) is 0. The van der Waals surface area contributed by atoms with E-state index in [0.29, 0.717) is 12.7 Å². The van der Waals surface area contributed by atoms with Gasteiger partial charge in [0.2, 0.25) is 0 Å². The minimum absolute atomic E-state index is 0. The van der Waals surface area contributed by atoms with Crippen molar-refractivity contribution >= 4 is 19.4 Å². The average molecular weight is 463 g/mol. The summed E-state index contributed by atoms with van der Waals surface area (Å²) in [5.74, 6) is 0. The van der Waals surface area contributed by atoms with E-state index in [-0.39, 0.29) is 60.6 Å². The third-order valence-electron chi connectivity index (χ3n) is 1.32. The lowest BCUT2D eigenvalue weighted by molar-refractivity contribution is -0.106. The van der Waals surface area contributed by atoms with Crippen LogP contribution in [0.3, 0.4) is 0 Å². The van der Waals surface area contributed by atoms with Gasteiger partial charge in [-0.25, -0.2) is 0 Å². The lowest BCUT2D eigenvalue weighted by atomic mass is 10.3. The van der Waals surface area contributed by atoms with Gasteiger partial charge in [0.1, 0.15) is 44.4 Å². The first kappa shape index (κ1) is 63.0. The zero-order valence-corrected chi connectivity index (χ0v) is 17.2. The second kappa shape index (κ2) is 93.0. The Hall–Kier alpha value is -1.95. The molecule has 15 N–H and O–H groups in total. The van der Waals surface area contributed by atoms with Gasteiger partial charge in [0.25, 0.3) is 0 Å². The van der Waals surface area contributed by atoms with E-state index < -0.39 is 12.2 Å². The van der Waals surface area contributed by atoms with E-state index in [1.807, 2.05) is 6.79 Å². The molecule has 1 atom stereocenters. The molecule has 0 saturated heterocycles. The molecule has 0 saturated carbocycles. The number of aliphatic hydroxyl groups excluding tert-OH is 7. The summed E-state index contributed by atoms with van der Waals surface area (Å²) in [6.07, 6.45) is 2.76. The average Bonchev–Trinajstić information content (AvgIpc) is 2.70. The number of carbonyl (C=O) groups excluding carboxylic acids is 3. The molecule has 0 aromatic heterocycles. The molecule has 1 unspecified atom stereocenters. The number of hydrogen-bond acceptors (Lipinski definition) is 10. The molecule has 0 radical (unpaired) electrons. The van der Waals surface area contributed by atoms with Gasteiger partial charge in [-0.2, -0.15) is 0 Å². The number of hydrogen-bond donors (Lipinski definition) is 7. The Morgan fingerprint density at radius 1 is 0.867 bits per heavy atom. The Balaban J connectivity index is -0.0000000115. The monoisotopic (exact) mass is 462 g/mol. The lowest BCUT2D eigenvalue weighted by Crippen LogP contribution is -2.15. The van der Waals surface area contributed by atoms with Crippen molar-refractivity contribution in [1.82, 2.24) is 0 Å². The van der Waals surface area contributed by atoms with Crippen molar-refractivity contribution in [2.75, 3.05) is 33.0 Å². The summed E-state index contributed by atoms with van der Waals surface area (Å²) in [6, 6.07) is 0. The van der Waals surface area contributed by atoms with E-state index in [9.17, 15) is 0 Å². The van der Waals surface area contributed by atoms with Crippen molar-refractivity contribution in [3.63, 3.8) is 0 Å². The zero-order chi connectivity index (χ0) is 22.2. The second-order valence-corrected chi connectivity index (χ2v) is 3.41. The van der Waals surface area contributed by atoms with Gasteiger partial charge in [-0.3, -0.25) is 4.79 Å². The molecule has 0 amide bonds. The second-order valence-electron chi connectivity index (χ2n) is 3.41. The maximum Gasteiger partial charge on any atom is 1.00 e. The first-order valence-corrected chi connectivity index (χ1v) is 7.13. The van der Waals surface area contributed by atoms with Gasteiger partial charge in [0.05, 0.1) is 26.7 Å². The van der Waals surface area contributed by atoms with E-state index in [4.69, 9.17) is 50.1 Å². The molecule has 0 aliphatic heterocycles.